The molecule has 2 aromatic carbocycles. The van der Waals surface area contributed by atoms with E-state index in [9.17, 15) is 14.0 Å². The number of nitrogens with one attached hydrogen (secondary N) is 2. The lowest BCUT2D eigenvalue weighted by atomic mass is 10.2. The standard InChI is InChI=1S/C21H16FN3O2/c22-17-10-7-15(8-11-17)9-12-20(26)24-18-5-3-4-16(14-18)21(27)25-19-6-1-2-13-23-19/h1-14H,(H,24,26)(H,23,25,27). The molecule has 5 nitrogen and oxygen atoms in total. The average molecular weight is 361 g/mol. The Hall–Kier alpha value is -3.80. The van der Waals surface area contributed by atoms with Gasteiger partial charge in [0.1, 0.15) is 11.6 Å². The molecule has 6 heteroatoms. The lowest BCUT2D eigenvalue weighted by Gasteiger charge is -2.07. The van der Waals surface area contributed by atoms with E-state index >= 15 is 0 Å². The Balaban J connectivity index is 1.63. The van der Waals surface area contributed by atoms with Crippen LogP contribution in [0.3, 0.4) is 0 Å². The maximum Gasteiger partial charge on any atom is 0.256 e. The van der Waals surface area contributed by atoms with Crippen molar-refractivity contribution < 1.29 is 14.0 Å². The SMILES string of the molecule is O=C(C=Cc1ccc(F)cc1)Nc1cccc(C(=O)Nc2ccccn2)c1. The van der Waals surface area contributed by atoms with Crippen molar-refractivity contribution in [1.82, 2.24) is 4.98 Å². The van der Waals surface area contributed by atoms with Gasteiger partial charge in [-0.05, 0) is 54.1 Å². The molecule has 0 unspecified atom stereocenters. The van der Waals surface area contributed by atoms with Gasteiger partial charge in [-0.3, -0.25) is 9.59 Å². The van der Waals surface area contributed by atoms with Gasteiger partial charge in [0.15, 0.2) is 0 Å². The van der Waals surface area contributed by atoms with Gasteiger partial charge in [-0.15, -0.1) is 0 Å². The summed E-state index contributed by atoms with van der Waals surface area (Å²) < 4.78 is 12.9. The highest BCUT2D eigenvalue weighted by atomic mass is 19.1. The van der Waals surface area contributed by atoms with Gasteiger partial charge in [-0.1, -0.05) is 24.3 Å². The molecule has 1 heterocycles. The Bertz CT molecular complexity index is 970. The number of benzene rings is 2. The highest BCUT2D eigenvalue weighted by Crippen LogP contribution is 2.13. The predicted molar refractivity (Wildman–Crippen MR) is 103 cm³/mol. The van der Waals surface area contributed by atoms with Crippen LogP contribution < -0.4 is 10.6 Å². The Morgan fingerprint density at radius 1 is 0.926 bits per heavy atom. The summed E-state index contributed by atoms with van der Waals surface area (Å²) in [6.07, 6.45) is 4.50. The Morgan fingerprint density at radius 2 is 1.74 bits per heavy atom. The number of carbonyl (C=O) groups is 2. The number of pyridine rings is 1. The first-order valence-electron chi connectivity index (χ1n) is 8.17. The third-order valence-electron chi connectivity index (χ3n) is 3.60. The minimum absolute atomic E-state index is 0.327. The van der Waals surface area contributed by atoms with Crippen LogP contribution in [0.25, 0.3) is 6.08 Å². The zero-order chi connectivity index (χ0) is 19.1. The van der Waals surface area contributed by atoms with E-state index in [0.717, 1.165) is 0 Å². The summed E-state index contributed by atoms with van der Waals surface area (Å²) in [6, 6.07) is 17.6. The number of hydrogen-bond donors (Lipinski definition) is 2. The number of rotatable bonds is 5. The van der Waals surface area contributed by atoms with Crippen LogP contribution in [0.5, 0.6) is 0 Å². The van der Waals surface area contributed by atoms with Crippen molar-refractivity contribution in [2.75, 3.05) is 10.6 Å². The number of anilines is 2. The summed E-state index contributed by atoms with van der Waals surface area (Å²) in [4.78, 5) is 28.4. The van der Waals surface area contributed by atoms with Crippen LogP contribution in [0.15, 0.2) is 79.0 Å². The van der Waals surface area contributed by atoms with Gasteiger partial charge in [0, 0.05) is 23.5 Å². The molecule has 0 aliphatic carbocycles. The lowest BCUT2D eigenvalue weighted by molar-refractivity contribution is -0.111. The van der Waals surface area contributed by atoms with E-state index < -0.39 is 0 Å². The fourth-order valence-electron chi connectivity index (χ4n) is 2.29. The van der Waals surface area contributed by atoms with Gasteiger partial charge in [-0.2, -0.15) is 0 Å². The van der Waals surface area contributed by atoms with E-state index in [-0.39, 0.29) is 17.6 Å². The first-order valence-corrected chi connectivity index (χ1v) is 8.17. The molecule has 0 aliphatic rings. The van der Waals surface area contributed by atoms with E-state index in [1.54, 1.807) is 66.9 Å². The van der Waals surface area contributed by atoms with Crippen LogP contribution in [0, 0.1) is 5.82 Å². The van der Waals surface area contributed by atoms with Gasteiger partial charge in [0.2, 0.25) is 5.91 Å². The third kappa shape index (κ3) is 5.34. The molecule has 27 heavy (non-hydrogen) atoms. The Kier molecular flexibility index (Phi) is 5.69. The molecule has 1 aromatic heterocycles. The van der Waals surface area contributed by atoms with E-state index in [1.807, 2.05) is 0 Å². The van der Waals surface area contributed by atoms with Crippen LogP contribution in [0.2, 0.25) is 0 Å². The van der Waals surface area contributed by atoms with E-state index in [2.05, 4.69) is 15.6 Å². The molecule has 3 rings (SSSR count). The van der Waals surface area contributed by atoms with Crippen molar-refractivity contribution in [3.05, 3.63) is 95.9 Å². The van der Waals surface area contributed by atoms with Gasteiger partial charge in [0.25, 0.3) is 5.91 Å². The van der Waals surface area contributed by atoms with Crippen LogP contribution in [0.4, 0.5) is 15.9 Å². The van der Waals surface area contributed by atoms with Crippen LogP contribution in [-0.2, 0) is 4.79 Å². The maximum atomic E-state index is 12.9. The maximum absolute atomic E-state index is 12.9. The Labute approximate surface area is 155 Å². The summed E-state index contributed by atoms with van der Waals surface area (Å²) in [5, 5.41) is 5.37. The molecule has 0 atom stereocenters. The molecule has 3 aromatic rings. The fraction of sp³-hybridized carbons (Fsp3) is 0. The molecule has 134 valence electrons. The predicted octanol–water partition coefficient (Wildman–Crippen LogP) is 4.12. The zero-order valence-corrected chi connectivity index (χ0v) is 14.2. The molecule has 0 saturated carbocycles. The third-order valence-corrected chi connectivity index (χ3v) is 3.60. The first kappa shape index (κ1) is 18.0. The molecule has 0 aliphatic heterocycles. The summed E-state index contributed by atoms with van der Waals surface area (Å²) in [6.45, 7) is 0. The molecule has 0 bridgehead atoms. The topological polar surface area (TPSA) is 71.1 Å². The number of aromatic nitrogens is 1. The molecular formula is C21H16FN3O2. The second-order valence-corrected chi connectivity index (χ2v) is 5.62. The van der Waals surface area contributed by atoms with Crippen LogP contribution in [-0.4, -0.2) is 16.8 Å². The number of amides is 2. The molecule has 0 spiro atoms. The van der Waals surface area contributed by atoms with Crippen molar-refractivity contribution >= 4 is 29.4 Å². The number of halogens is 1. The minimum atomic E-state index is -0.360. The average Bonchev–Trinajstić information content (AvgIpc) is 2.68. The summed E-state index contributed by atoms with van der Waals surface area (Å²) in [7, 11) is 0. The largest absolute Gasteiger partial charge is 0.322 e. The molecule has 0 fully saturated rings. The summed E-state index contributed by atoms with van der Waals surface area (Å²) in [5.74, 6) is -0.579. The fourth-order valence-corrected chi connectivity index (χ4v) is 2.29. The highest BCUT2D eigenvalue weighted by molar-refractivity contribution is 6.06. The second kappa shape index (κ2) is 8.53. The molecule has 0 saturated heterocycles. The summed E-state index contributed by atoms with van der Waals surface area (Å²) in [5.41, 5.74) is 1.58. The van der Waals surface area contributed by atoms with Crippen LogP contribution >= 0.6 is 0 Å². The lowest BCUT2D eigenvalue weighted by Crippen LogP contribution is -2.14. The van der Waals surface area contributed by atoms with Gasteiger partial charge in [0.05, 0.1) is 0 Å². The Morgan fingerprint density at radius 3 is 2.48 bits per heavy atom. The number of hydrogen-bond acceptors (Lipinski definition) is 3. The first-order chi connectivity index (χ1) is 13.1. The van der Waals surface area contributed by atoms with Crippen molar-refractivity contribution in [3.63, 3.8) is 0 Å². The second-order valence-electron chi connectivity index (χ2n) is 5.62. The normalized spacial score (nSPS) is 10.6. The van der Waals surface area contributed by atoms with Crippen LogP contribution in [0.1, 0.15) is 15.9 Å². The zero-order valence-electron chi connectivity index (χ0n) is 14.2. The minimum Gasteiger partial charge on any atom is -0.322 e. The molecule has 2 N–H and O–H groups in total. The van der Waals surface area contributed by atoms with E-state index in [1.165, 1.54) is 18.2 Å². The highest BCUT2D eigenvalue weighted by Gasteiger charge is 2.08. The van der Waals surface area contributed by atoms with E-state index in [4.69, 9.17) is 0 Å². The number of nitrogens with zero attached hydrogens (tertiary/aromatic N) is 1. The van der Waals surface area contributed by atoms with E-state index in [0.29, 0.717) is 22.6 Å². The van der Waals surface area contributed by atoms with Crippen molar-refractivity contribution in [3.8, 4) is 0 Å². The van der Waals surface area contributed by atoms with Gasteiger partial charge < -0.3 is 10.6 Å². The van der Waals surface area contributed by atoms with Crippen molar-refractivity contribution in [2.45, 2.75) is 0 Å². The molecule has 0 radical (unpaired) electrons. The summed E-state index contributed by atoms with van der Waals surface area (Å²) >= 11 is 0. The van der Waals surface area contributed by atoms with Gasteiger partial charge in [-0.25, -0.2) is 9.37 Å². The smallest absolute Gasteiger partial charge is 0.256 e. The van der Waals surface area contributed by atoms with Crippen molar-refractivity contribution in [2.24, 2.45) is 0 Å². The van der Waals surface area contributed by atoms with Gasteiger partial charge >= 0.3 is 0 Å². The molecular weight excluding hydrogens is 345 g/mol. The van der Waals surface area contributed by atoms with Crippen molar-refractivity contribution in [1.29, 1.82) is 0 Å². The number of carbonyl (C=O) groups excluding carboxylic acids is 2. The molecule has 2 amide bonds. The quantitative estimate of drug-likeness (QED) is 0.672. The monoisotopic (exact) mass is 361 g/mol.